The van der Waals surface area contributed by atoms with E-state index in [1.807, 2.05) is 18.9 Å². The summed E-state index contributed by atoms with van der Waals surface area (Å²) < 4.78 is 27.5. The molecule has 5 heteroatoms. The Kier molecular flexibility index (Phi) is 5.15. The van der Waals surface area contributed by atoms with Crippen LogP contribution in [-0.2, 0) is 0 Å². The number of halogens is 2. The fourth-order valence-electron chi connectivity index (χ4n) is 2.86. The normalized spacial score (nSPS) is 16.2. The summed E-state index contributed by atoms with van der Waals surface area (Å²) in [6.45, 7) is 3.19. The Morgan fingerprint density at radius 2 is 1.95 bits per heavy atom. The van der Waals surface area contributed by atoms with Crippen LogP contribution in [0.5, 0.6) is 0 Å². The molecule has 0 bridgehead atoms. The number of anilines is 2. The molecule has 2 rings (SSSR count). The second-order valence-electron chi connectivity index (χ2n) is 5.54. The molecule has 0 saturated heterocycles. The molecule has 0 unspecified atom stereocenters. The predicted octanol–water partition coefficient (Wildman–Crippen LogP) is 3.81. The van der Waals surface area contributed by atoms with Crippen LogP contribution < -0.4 is 10.2 Å². The summed E-state index contributed by atoms with van der Waals surface area (Å²) in [6, 6.07) is 0.914. The van der Waals surface area contributed by atoms with E-state index in [0.717, 1.165) is 12.6 Å². The van der Waals surface area contributed by atoms with Gasteiger partial charge in [-0.1, -0.05) is 19.3 Å². The third-order valence-electron chi connectivity index (χ3n) is 3.87. The van der Waals surface area contributed by atoms with Crippen LogP contribution in [0, 0.1) is 17.6 Å². The highest BCUT2D eigenvalue weighted by molar-refractivity contribution is 5.48. The molecule has 1 heterocycles. The first kappa shape index (κ1) is 15.0. The molecule has 1 aliphatic carbocycles. The monoisotopic (exact) mass is 283 g/mol. The van der Waals surface area contributed by atoms with Crippen molar-refractivity contribution in [1.82, 2.24) is 4.98 Å². The van der Waals surface area contributed by atoms with Crippen LogP contribution in [0.2, 0.25) is 0 Å². The molecule has 1 fully saturated rings. The highest BCUT2D eigenvalue weighted by atomic mass is 19.1. The van der Waals surface area contributed by atoms with Gasteiger partial charge in [0.05, 0.1) is 0 Å². The molecule has 1 aliphatic rings. The molecule has 3 nitrogen and oxygen atoms in total. The average Bonchev–Trinajstić information content (AvgIpc) is 2.43. The fourth-order valence-corrected chi connectivity index (χ4v) is 2.86. The summed E-state index contributed by atoms with van der Waals surface area (Å²) >= 11 is 0. The van der Waals surface area contributed by atoms with E-state index in [0.29, 0.717) is 12.5 Å². The molecule has 0 amide bonds. The van der Waals surface area contributed by atoms with Crippen molar-refractivity contribution in [3.05, 3.63) is 17.7 Å². The summed E-state index contributed by atoms with van der Waals surface area (Å²) in [5, 5.41) is 2.82. The van der Waals surface area contributed by atoms with E-state index >= 15 is 0 Å². The highest BCUT2D eigenvalue weighted by Crippen LogP contribution is 2.27. The zero-order valence-corrected chi connectivity index (χ0v) is 12.3. The van der Waals surface area contributed by atoms with Gasteiger partial charge in [0, 0.05) is 26.2 Å². The van der Waals surface area contributed by atoms with Gasteiger partial charge in [-0.15, -0.1) is 0 Å². The number of pyridine rings is 1. The number of nitrogens with one attached hydrogen (secondary N) is 1. The number of hydrogen-bond acceptors (Lipinski definition) is 3. The third-order valence-corrected chi connectivity index (χ3v) is 3.87. The van der Waals surface area contributed by atoms with Crippen LogP contribution in [-0.4, -0.2) is 25.1 Å². The van der Waals surface area contributed by atoms with Gasteiger partial charge in [-0.3, -0.25) is 0 Å². The Balaban J connectivity index is 2.11. The molecule has 1 N–H and O–H groups in total. The zero-order chi connectivity index (χ0) is 14.5. The minimum absolute atomic E-state index is 0.124. The molecular formula is C15H23F2N3. The molecule has 0 spiro atoms. The van der Waals surface area contributed by atoms with Crippen molar-refractivity contribution in [3.8, 4) is 0 Å². The van der Waals surface area contributed by atoms with E-state index < -0.39 is 11.6 Å². The van der Waals surface area contributed by atoms with Crippen LogP contribution in [0.15, 0.2) is 6.07 Å². The second kappa shape index (κ2) is 6.86. The maximum absolute atomic E-state index is 13.9. The summed E-state index contributed by atoms with van der Waals surface area (Å²) in [5.41, 5.74) is 0. The van der Waals surface area contributed by atoms with Gasteiger partial charge in [0.25, 0.3) is 0 Å². The standard InChI is InChI=1S/C15H23F2N3/c1-3-18-14-12(16)9-13(17)15(19-14)20(2)10-11-7-5-4-6-8-11/h9,11H,3-8,10H2,1-2H3,(H,18,19). The van der Waals surface area contributed by atoms with Gasteiger partial charge in [-0.2, -0.15) is 0 Å². The molecule has 1 aromatic rings. The summed E-state index contributed by atoms with van der Waals surface area (Å²) in [7, 11) is 1.83. The lowest BCUT2D eigenvalue weighted by Gasteiger charge is -2.28. The first-order chi connectivity index (χ1) is 9.61. The van der Waals surface area contributed by atoms with Crippen LogP contribution in [0.4, 0.5) is 20.4 Å². The minimum atomic E-state index is -0.640. The lowest BCUT2D eigenvalue weighted by atomic mass is 9.89. The molecule has 112 valence electrons. The third kappa shape index (κ3) is 3.58. The molecule has 0 aromatic carbocycles. The average molecular weight is 283 g/mol. The molecule has 1 saturated carbocycles. The maximum atomic E-state index is 13.9. The van der Waals surface area contributed by atoms with Crippen molar-refractivity contribution in [2.45, 2.75) is 39.0 Å². The van der Waals surface area contributed by atoms with Gasteiger partial charge < -0.3 is 10.2 Å². The quantitative estimate of drug-likeness (QED) is 0.890. The number of hydrogen-bond donors (Lipinski definition) is 1. The molecule has 1 aromatic heterocycles. The lowest BCUT2D eigenvalue weighted by molar-refractivity contribution is 0.360. The van der Waals surface area contributed by atoms with Gasteiger partial charge in [0.15, 0.2) is 23.3 Å². The van der Waals surface area contributed by atoms with Gasteiger partial charge in [0.1, 0.15) is 0 Å². The Bertz CT molecular complexity index is 445. The van der Waals surface area contributed by atoms with Gasteiger partial charge >= 0.3 is 0 Å². The van der Waals surface area contributed by atoms with Crippen LogP contribution in [0.3, 0.4) is 0 Å². The van der Waals surface area contributed by atoms with Crippen molar-refractivity contribution in [3.63, 3.8) is 0 Å². The molecule has 0 radical (unpaired) electrons. The lowest BCUT2D eigenvalue weighted by Crippen LogP contribution is -2.28. The van der Waals surface area contributed by atoms with Crippen molar-refractivity contribution < 1.29 is 8.78 Å². The smallest absolute Gasteiger partial charge is 0.168 e. The van der Waals surface area contributed by atoms with Crippen molar-refractivity contribution in [1.29, 1.82) is 0 Å². The Morgan fingerprint density at radius 3 is 2.60 bits per heavy atom. The Morgan fingerprint density at radius 1 is 1.25 bits per heavy atom. The maximum Gasteiger partial charge on any atom is 0.168 e. The minimum Gasteiger partial charge on any atom is -0.368 e. The van der Waals surface area contributed by atoms with Crippen LogP contribution in [0.25, 0.3) is 0 Å². The summed E-state index contributed by atoms with van der Waals surface area (Å²) in [4.78, 5) is 5.90. The van der Waals surface area contributed by atoms with E-state index in [9.17, 15) is 8.78 Å². The van der Waals surface area contributed by atoms with Gasteiger partial charge in [-0.25, -0.2) is 13.8 Å². The molecular weight excluding hydrogens is 260 g/mol. The van der Waals surface area contributed by atoms with Crippen LogP contribution in [0.1, 0.15) is 39.0 Å². The second-order valence-corrected chi connectivity index (χ2v) is 5.54. The predicted molar refractivity (Wildman–Crippen MR) is 78.2 cm³/mol. The zero-order valence-electron chi connectivity index (χ0n) is 12.3. The fraction of sp³-hybridized carbons (Fsp3) is 0.667. The number of nitrogens with zero attached hydrogens (tertiary/aromatic N) is 2. The van der Waals surface area contributed by atoms with Crippen molar-refractivity contribution in [2.75, 3.05) is 30.4 Å². The van der Waals surface area contributed by atoms with E-state index in [1.165, 1.54) is 32.1 Å². The Hall–Kier alpha value is -1.39. The van der Waals surface area contributed by atoms with E-state index in [1.54, 1.807) is 0 Å². The SMILES string of the molecule is CCNc1nc(N(C)CC2CCCCC2)c(F)cc1F. The topological polar surface area (TPSA) is 28.2 Å². The van der Waals surface area contributed by atoms with Gasteiger partial charge in [0.2, 0.25) is 0 Å². The summed E-state index contributed by atoms with van der Waals surface area (Å²) in [5.74, 6) is -0.295. The molecule has 20 heavy (non-hydrogen) atoms. The van der Waals surface area contributed by atoms with E-state index in [-0.39, 0.29) is 11.6 Å². The number of rotatable bonds is 5. The first-order valence-electron chi connectivity index (χ1n) is 7.42. The first-order valence-corrected chi connectivity index (χ1v) is 7.42. The highest BCUT2D eigenvalue weighted by Gasteiger charge is 2.19. The van der Waals surface area contributed by atoms with Crippen molar-refractivity contribution in [2.24, 2.45) is 5.92 Å². The molecule has 0 atom stereocenters. The van der Waals surface area contributed by atoms with E-state index in [2.05, 4.69) is 10.3 Å². The largest absolute Gasteiger partial charge is 0.368 e. The number of aromatic nitrogens is 1. The van der Waals surface area contributed by atoms with E-state index in [4.69, 9.17) is 0 Å². The van der Waals surface area contributed by atoms with Gasteiger partial charge in [-0.05, 0) is 25.7 Å². The molecule has 0 aliphatic heterocycles. The van der Waals surface area contributed by atoms with Crippen LogP contribution >= 0.6 is 0 Å². The summed E-state index contributed by atoms with van der Waals surface area (Å²) in [6.07, 6.45) is 6.18. The Labute approximate surface area is 119 Å². The van der Waals surface area contributed by atoms with Crippen molar-refractivity contribution >= 4 is 11.6 Å².